The molecule has 0 aliphatic heterocycles. The van der Waals surface area contributed by atoms with Crippen LogP contribution >= 0.6 is 0 Å². The van der Waals surface area contributed by atoms with E-state index in [0.717, 1.165) is 5.92 Å². The zero-order valence-electron chi connectivity index (χ0n) is 18.8. The Morgan fingerprint density at radius 3 is 0.864 bits per heavy atom. The fraction of sp³-hybridized carbons (Fsp3) is 0.773. The van der Waals surface area contributed by atoms with E-state index in [2.05, 4.69) is 66.4 Å². The molecule has 0 aliphatic carbocycles. The number of rotatable bonds is 2. The van der Waals surface area contributed by atoms with E-state index in [-0.39, 0.29) is 0 Å². The number of hydrogen-bond acceptors (Lipinski definition) is 0. The molecule has 0 unspecified atom stereocenters. The van der Waals surface area contributed by atoms with Gasteiger partial charge in [0.2, 0.25) is 0 Å². The molecule has 22 heavy (non-hydrogen) atoms. The molecule has 0 saturated heterocycles. The average molecular weight is 317 g/mol. The van der Waals surface area contributed by atoms with Crippen LogP contribution in [0.3, 0.4) is 0 Å². The lowest BCUT2D eigenvalue weighted by molar-refractivity contribution is 0.576. The fourth-order valence-corrected chi connectivity index (χ4v) is 0.577. The lowest BCUT2D eigenvalue weighted by Crippen LogP contribution is -1.81. The van der Waals surface area contributed by atoms with E-state index in [0.29, 0.717) is 0 Å². The highest BCUT2D eigenvalue weighted by atomic mass is 13.9. The van der Waals surface area contributed by atoms with Crippen LogP contribution in [-0.4, -0.2) is 0 Å². The molecule has 0 saturated carbocycles. The van der Waals surface area contributed by atoms with Gasteiger partial charge in [-0.2, -0.15) is 0 Å². The van der Waals surface area contributed by atoms with Crippen LogP contribution in [0.25, 0.3) is 0 Å². The van der Waals surface area contributed by atoms with Gasteiger partial charge in [-0.1, -0.05) is 122 Å². The van der Waals surface area contributed by atoms with Crippen molar-refractivity contribution in [1.29, 1.82) is 0 Å². The minimum Gasteiger partial charge on any atom is -0.137 e. The standard InChI is InChI=1S/C6H14.C3H8.C3H4.4C2H6.C2H2/c1-4-5-6(2)3;2*1-3-2;5*1-2/h6H,4-5H2,1-3H3;3H2,1-2H3;1-2H2;4*1-2H3;1-2H. The van der Waals surface area contributed by atoms with Gasteiger partial charge in [0.05, 0.1) is 0 Å². The molecule has 0 aromatic heterocycles. The average Bonchev–Trinajstić information content (AvgIpc) is 2.58. The quantitative estimate of drug-likeness (QED) is 0.352. The summed E-state index contributed by atoms with van der Waals surface area (Å²) in [7, 11) is 0. The summed E-state index contributed by atoms with van der Waals surface area (Å²) in [6.07, 6.45) is 12.0. The molecule has 0 amide bonds. The summed E-state index contributed by atoms with van der Waals surface area (Å²) in [5.41, 5.74) is 2.25. The first-order valence-corrected chi connectivity index (χ1v) is 9.22. The van der Waals surface area contributed by atoms with E-state index in [4.69, 9.17) is 0 Å². The lowest BCUT2D eigenvalue weighted by Gasteiger charge is -1.95. The Kier molecular flexibility index (Phi) is 447. The van der Waals surface area contributed by atoms with Crippen LogP contribution in [0.5, 0.6) is 0 Å². The van der Waals surface area contributed by atoms with Gasteiger partial charge in [-0.15, -0.1) is 18.6 Å². The van der Waals surface area contributed by atoms with Crippen LogP contribution in [0, 0.1) is 18.8 Å². The summed E-state index contributed by atoms with van der Waals surface area (Å²) < 4.78 is 0. The molecule has 0 nitrogen and oxygen atoms in total. The second kappa shape index (κ2) is 198. The highest BCUT2D eigenvalue weighted by molar-refractivity contribution is 4.51. The van der Waals surface area contributed by atoms with Gasteiger partial charge in [0.1, 0.15) is 0 Å². The van der Waals surface area contributed by atoms with Gasteiger partial charge in [0.25, 0.3) is 0 Å². The van der Waals surface area contributed by atoms with Gasteiger partial charge in [-0.25, -0.2) is 0 Å². The SMILES string of the molecule is C#C.C=C=C.CC.CC.CC.CC.CCC.CCCC(C)C. The van der Waals surface area contributed by atoms with Crippen LogP contribution in [0.1, 0.15) is 109 Å². The van der Waals surface area contributed by atoms with E-state index in [1.54, 1.807) is 0 Å². The Bertz CT molecular complexity index is 100. The van der Waals surface area contributed by atoms with Gasteiger partial charge in [-0.3, -0.25) is 0 Å². The summed E-state index contributed by atoms with van der Waals surface area (Å²) >= 11 is 0. The Morgan fingerprint density at radius 1 is 0.727 bits per heavy atom. The maximum atomic E-state index is 4.00. The maximum absolute atomic E-state index is 4.00. The molecule has 140 valence electrons. The van der Waals surface area contributed by atoms with Gasteiger partial charge in [0.15, 0.2) is 0 Å². The van der Waals surface area contributed by atoms with Crippen molar-refractivity contribution in [1.82, 2.24) is 0 Å². The van der Waals surface area contributed by atoms with Crippen LogP contribution in [0.4, 0.5) is 0 Å². The van der Waals surface area contributed by atoms with E-state index in [1.807, 2.05) is 55.4 Å². The third kappa shape index (κ3) is 1440. The van der Waals surface area contributed by atoms with Crippen molar-refractivity contribution >= 4 is 0 Å². The van der Waals surface area contributed by atoms with Gasteiger partial charge in [0, 0.05) is 0 Å². The first-order chi connectivity index (χ1) is 10.6. The molecule has 0 heterocycles. The smallest absolute Gasteiger partial charge is 0.0471 e. The molecule has 0 rings (SSSR count). The van der Waals surface area contributed by atoms with Gasteiger partial charge < -0.3 is 0 Å². The highest BCUT2D eigenvalue weighted by Crippen LogP contribution is 2.00. The van der Waals surface area contributed by atoms with Gasteiger partial charge >= 0.3 is 0 Å². The predicted molar refractivity (Wildman–Crippen MR) is 116 cm³/mol. The van der Waals surface area contributed by atoms with E-state index in [9.17, 15) is 0 Å². The Balaban J connectivity index is -0.0000000180. The topological polar surface area (TPSA) is 0 Å². The van der Waals surface area contributed by atoms with Crippen LogP contribution < -0.4 is 0 Å². The fourth-order valence-electron chi connectivity index (χ4n) is 0.577. The Morgan fingerprint density at radius 2 is 0.864 bits per heavy atom. The molecule has 0 atom stereocenters. The summed E-state index contributed by atoms with van der Waals surface area (Å²) in [5.74, 6) is 0.898. The third-order valence-electron chi connectivity index (χ3n) is 0.866. The lowest BCUT2D eigenvalue weighted by atomic mass is 10.1. The summed E-state index contributed by atoms with van der Waals surface area (Å²) in [5, 5.41) is 0. The first-order valence-electron chi connectivity index (χ1n) is 9.22. The van der Waals surface area contributed by atoms with Crippen molar-refractivity contribution in [3.8, 4) is 12.8 Å². The molecular formula is C22H52. The largest absolute Gasteiger partial charge is 0.137 e. The van der Waals surface area contributed by atoms with Crippen LogP contribution in [0.2, 0.25) is 0 Å². The van der Waals surface area contributed by atoms with E-state index in [1.165, 1.54) is 19.3 Å². The molecule has 0 N–H and O–H groups in total. The van der Waals surface area contributed by atoms with Crippen molar-refractivity contribution in [3.63, 3.8) is 0 Å². The van der Waals surface area contributed by atoms with E-state index >= 15 is 0 Å². The maximum Gasteiger partial charge on any atom is -0.0471 e. The molecule has 0 aromatic carbocycles. The first kappa shape index (κ1) is 49.7. The van der Waals surface area contributed by atoms with Crippen molar-refractivity contribution < 1.29 is 0 Å². The molecule has 0 aromatic rings. The van der Waals surface area contributed by atoms with Crippen molar-refractivity contribution in [2.75, 3.05) is 0 Å². The van der Waals surface area contributed by atoms with E-state index < -0.39 is 0 Å². The summed E-state index contributed by atoms with van der Waals surface area (Å²) in [6.45, 7) is 33.2. The highest BCUT2D eigenvalue weighted by Gasteiger charge is 1.85. The minimum atomic E-state index is 0.898. The van der Waals surface area contributed by atoms with Crippen molar-refractivity contribution in [3.05, 3.63) is 18.9 Å². The predicted octanol–water partition coefficient (Wildman–Crippen LogP) is 9.17. The second-order valence-corrected chi connectivity index (χ2v) is 3.14. The Hall–Kier alpha value is -0.920. The number of hydrogen-bond donors (Lipinski definition) is 0. The zero-order valence-corrected chi connectivity index (χ0v) is 18.8. The zero-order chi connectivity index (χ0) is 20.4. The summed E-state index contributed by atoms with van der Waals surface area (Å²) in [6, 6.07) is 0. The molecule has 0 aliphatic rings. The molecule has 0 bridgehead atoms. The normalized spacial score (nSPS) is 5.09. The molecule has 0 heteroatoms. The number of terminal acetylenes is 1. The monoisotopic (exact) mass is 316 g/mol. The molecular weight excluding hydrogens is 264 g/mol. The van der Waals surface area contributed by atoms with Crippen molar-refractivity contribution in [2.24, 2.45) is 5.92 Å². The Labute approximate surface area is 147 Å². The second-order valence-electron chi connectivity index (χ2n) is 3.14. The van der Waals surface area contributed by atoms with Crippen LogP contribution in [0.15, 0.2) is 18.9 Å². The molecule has 0 radical (unpaired) electrons. The summed E-state index contributed by atoms with van der Waals surface area (Å²) in [4.78, 5) is 0. The minimum absolute atomic E-state index is 0.898. The molecule has 0 fully saturated rings. The van der Waals surface area contributed by atoms with Gasteiger partial charge in [-0.05, 0) is 5.92 Å². The molecule has 0 spiro atoms. The van der Waals surface area contributed by atoms with Crippen molar-refractivity contribution in [2.45, 2.75) is 109 Å². The third-order valence-corrected chi connectivity index (χ3v) is 0.866. The van der Waals surface area contributed by atoms with Crippen LogP contribution in [-0.2, 0) is 0 Å².